The van der Waals surface area contributed by atoms with Crippen molar-refractivity contribution in [2.24, 2.45) is 0 Å². The van der Waals surface area contributed by atoms with E-state index in [1.807, 2.05) is 13.0 Å². The Bertz CT molecular complexity index is 455. The number of carbonyl (C=O) groups is 1. The van der Waals surface area contributed by atoms with Crippen LogP contribution in [0.1, 0.15) is 25.0 Å². The molecule has 1 heterocycles. The predicted molar refractivity (Wildman–Crippen MR) is 62.2 cm³/mol. The summed E-state index contributed by atoms with van der Waals surface area (Å²) in [6, 6.07) is 5.43. The molecule has 0 aliphatic carbocycles. The fourth-order valence-corrected chi connectivity index (χ4v) is 2.37. The van der Waals surface area contributed by atoms with E-state index in [2.05, 4.69) is 0 Å². The number of fused-ring (bicyclic) bond motifs is 1. The third kappa shape index (κ3) is 1.78. The van der Waals surface area contributed by atoms with Crippen molar-refractivity contribution >= 4 is 5.97 Å². The molecule has 1 N–H and O–H groups in total. The van der Waals surface area contributed by atoms with E-state index < -0.39 is 11.6 Å². The summed E-state index contributed by atoms with van der Waals surface area (Å²) in [7, 11) is 1.59. The van der Waals surface area contributed by atoms with Crippen LogP contribution in [0.15, 0.2) is 18.2 Å². The largest absolute Gasteiger partial charge is 0.496 e. The van der Waals surface area contributed by atoms with E-state index in [4.69, 9.17) is 9.47 Å². The molecule has 2 atom stereocenters. The molecule has 0 saturated heterocycles. The smallest absolute Gasteiger partial charge is 0.340 e. The Balaban J connectivity index is 2.62. The number of ether oxygens (including phenoxy) is 2. The lowest BCUT2D eigenvalue weighted by Gasteiger charge is -2.36. The molecule has 17 heavy (non-hydrogen) atoms. The average molecular weight is 236 g/mol. The zero-order valence-corrected chi connectivity index (χ0v) is 10.2. The molecule has 0 radical (unpaired) electrons. The quantitative estimate of drug-likeness (QED) is 0.852. The van der Waals surface area contributed by atoms with Crippen LogP contribution in [-0.4, -0.2) is 24.3 Å². The van der Waals surface area contributed by atoms with Gasteiger partial charge in [-0.2, -0.15) is 0 Å². The van der Waals surface area contributed by atoms with Crippen molar-refractivity contribution in [3.8, 4) is 5.75 Å². The molecule has 1 aromatic carbocycles. The van der Waals surface area contributed by atoms with Gasteiger partial charge in [-0.05, 0) is 19.9 Å². The van der Waals surface area contributed by atoms with Crippen LogP contribution >= 0.6 is 0 Å². The Kier molecular flexibility index (Phi) is 2.83. The van der Waals surface area contributed by atoms with Gasteiger partial charge in [-0.25, -0.2) is 4.79 Å². The van der Waals surface area contributed by atoms with Gasteiger partial charge in [0, 0.05) is 17.5 Å². The van der Waals surface area contributed by atoms with Crippen molar-refractivity contribution in [1.29, 1.82) is 0 Å². The summed E-state index contributed by atoms with van der Waals surface area (Å²) < 4.78 is 10.9. The van der Waals surface area contributed by atoms with Crippen LogP contribution in [0.2, 0.25) is 0 Å². The van der Waals surface area contributed by atoms with Gasteiger partial charge >= 0.3 is 5.97 Å². The van der Waals surface area contributed by atoms with Gasteiger partial charge in [0.1, 0.15) is 5.75 Å². The zero-order chi connectivity index (χ0) is 12.6. The molecule has 1 aliphatic rings. The molecular weight excluding hydrogens is 220 g/mol. The van der Waals surface area contributed by atoms with Gasteiger partial charge in [0.05, 0.1) is 13.2 Å². The summed E-state index contributed by atoms with van der Waals surface area (Å²) in [6.45, 7) is 3.46. The molecule has 4 heteroatoms. The lowest BCUT2D eigenvalue weighted by atomic mass is 9.85. The Labute approximate surface area is 100 Å². The Morgan fingerprint density at radius 3 is 2.88 bits per heavy atom. The minimum atomic E-state index is -1.29. The molecule has 2 rings (SSSR count). The van der Waals surface area contributed by atoms with E-state index in [0.29, 0.717) is 12.0 Å². The highest BCUT2D eigenvalue weighted by atomic mass is 16.5. The van der Waals surface area contributed by atoms with E-state index >= 15 is 0 Å². The van der Waals surface area contributed by atoms with Gasteiger partial charge in [0.25, 0.3) is 0 Å². The summed E-state index contributed by atoms with van der Waals surface area (Å²) >= 11 is 0. The molecule has 4 nitrogen and oxygen atoms in total. The Morgan fingerprint density at radius 1 is 1.59 bits per heavy atom. The van der Waals surface area contributed by atoms with Crippen molar-refractivity contribution in [3.63, 3.8) is 0 Å². The zero-order valence-electron chi connectivity index (χ0n) is 10.2. The highest BCUT2D eigenvalue weighted by Crippen LogP contribution is 2.39. The number of hydrogen-bond acceptors (Lipinski definition) is 3. The number of methoxy groups -OCH3 is 1. The van der Waals surface area contributed by atoms with Crippen LogP contribution in [0.5, 0.6) is 5.75 Å². The van der Waals surface area contributed by atoms with Crippen LogP contribution in [0.4, 0.5) is 0 Å². The maximum Gasteiger partial charge on any atom is 0.340 e. The average Bonchev–Trinajstić information content (AvgIpc) is 2.28. The first kappa shape index (κ1) is 11.9. The number of benzene rings is 1. The van der Waals surface area contributed by atoms with Gasteiger partial charge < -0.3 is 14.6 Å². The second-order valence-electron chi connectivity index (χ2n) is 4.46. The normalized spacial score (nSPS) is 27.4. The first-order valence-corrected chi connectivity index (χ1v) is 5.56. The number of carboxylic acid groups (broad SMARTS) is 1. The molecular formula is C13H16O4. The Hall–Kier alpha value is -1.55. The second-order valence-corrected chi connectivity index (χ2v) is 4.46. The predicted octanol–water partition coefficient (Wildman–Crippen LogP) is 1.96. The second kappa shape index (κ2) is 4.04. The van der Waals surface area contributed by atoms with Crippen molar-refractivity contribution in [1.82, 2.24) is 0 Å². The van der Waals surface area contributed by atoms with Crippen molar-refractivity contribution < 1.29 is 19.4 Å². The van der Waals surface area contributed by atoms with Crippen molar-refractivity contribution in [3.05, 3.63) is 29.3 Å². The third-order valence-corrected chi connectivity index (χ3v) is 3.20. The molecule has 2 unspecified atom stereocenters. The topological polar surface area (TPSA) is 55.8 Å². The fourth-order valence-electron chi connectivity index (χ4n) is 2.37. The fraction of sp³-hybridized carbons (Fsp3) is 0.462. The molecule has 0 fully saturated rings. The molecule has 92 valence electrons. The standard InChI is InChI=1S/C13H16O4/c1-8-7-9-10(5-4-6-11(9)16-3)13(2,17-8)12(14)15/h4-6,8H,7H2,1-3H3,(H,14,15). The highest BCUT2D eigenvalue weighted by molar-refractivity contribution is 5.80. The summed E-state index contributed by atoms with van der Waals surface area (Å²) in [5, 5.41) is 9.36. The van der Waals surface area contributed by atoms with Crippen LogP contribution in [-0.2, 0) is 21.6 Å². The van der Waals surface area contributed by atoms with Gasteiger partial charge in [0.15, 0.2) is 5.60 Å². The summed E-state index contributed by atoms with van der Waals surface area (Å²) in [5.74, 6) is -0.247. The van der Waals surface area contributed by atoms with Crippen molar-refractivity contribution in [2.75, 3.05) is 7.11 Å². The SMILES string of the molecule is COc1cccc2c1CC(C)OC2(C)C(=O)O. The van der Waals surface area contributed by atoms with Gasteiger partial charge in [-0.15, -0.1) is 0 Å². The monoisotopic (exact) mass is 236 g/mol. The van der Waals surface area contributed by atoms with Gasteiger partial charge in [-0.1, -0.05) is 12.1 Å². The van der Waals surface area contributed by atoms with Gasteiger partial charge in [-0.3, -0.25) is 0 Å². The van der Waals surface area contributed by atoms with Crippen molar-refractivity contribution in [2.45, 2.75) is 32.0 Å². The lowest BCUT2D eigenvalue weighted by Crippen LogP contribution is -2.43. The number of carboxylic acids is 1. The molecule has 0 aromatic heterocycles. The first-order chi connectivity index (χ1) is 7.99. The molecule has 0 spiro atoms. The van der Waals surface area contributed by atoms with E-state index in [0.717, 1.165) is 11.3 Å². The molecule has 0 saturated carbocycles. The summed E-state index contributed by atoms with van der Waals surface area (Å²) in [4.78, 5) is 11.4. The molecule has 1 aromatic rings. The van der Waals surface area contributed by atoms with E-state index in [1.165, 1.54) is 0 Å². The number of rotatable bonds is 2. The minimum Gasteiger partial charge on any atom is -0.496 e. The van der Waals surface area contributed by atoms with E-state index in [9.17, 15) is 9.90 Å². The summed E-state index contributed by atoms with van der Waals surface area (Å²) in [6.07, 6.45) is 0.530. The lowest BCUT2D eigenvalue weighted by molar-refractivity contribution is -0.174. The maximum absolute atomic E-state index is 11.4. The third-order valence-electron chi connectivity index (χ3n) is 3.20. The van der Waals surface area contributed by atoms with Gasteiger partial charge in [0.2, 0.25) is 0 Å². The van der Waals surface area contributed by atoms with Crippen LogP contribution in [0.3, 0.4) is 0 Å². The van der Waals surface area contributed by atoms with Crippen LogP contribution in [0, 0.1) is 0 Å². The summed E-state index contributed by atoms with van der Waals surface area (Å²) in [5.41, 5.74) is 0.322. The number of aliphatic carboxylic acids is 1. The van der Waals surface area contributed by atoms with Crippen LogP contribution in [0.25, 0.3) is 0 Å². The maximum atomic E-state index is 11.4. The van der Waals surface area contributed by atoms with Crippen LogP contribution < -0.4 is 4.74 Å². The van der Waals surface area contributed by atoms with E-state index in [1.54, 1.807) is 26.2 Å². The highest BCUT2D eigenvalue weighted by Gasteiger charge is 2.43. The van der Waals surface area contributed by atoms with E-state index in [-0.39, 0.29) is 6.10 Å². The minimum absolute atomic E-state index is 0.139. The molecule has 1 aliphatic heterocycles. The Morgan fingerprint density at radius 2 is 2.29 bits per heavy atom. The molecule has 0 bridgehead atoms. The number of hydrogen-bond donors (Lipinski definition) is 1. The molecule has 0 amide bonds. The first-order valence-electron chi connectivity index (χ1n) is 5.56.